The van der Waals surface area contributed by atoms with Crippen LogP contribution in [0.5, 0.6) is 0 Å². The smallest absolute Gasteiger partial charge is 0.332 e. The van der Waals surface area contributed by atoms with Gasteiger partial charge < -0.3 is 10.1 Å². The number of nitrogens with one attached hydrogen (secondary N) is 1. The van der Waals surface area contributed by atoms with Crippen LogP contribution in [-0.2, 0) is 25.4 Å². The van der Waals surface area contributed by atoms with E-state index in [1.165, 1.54) is 11.6 Å². The predicted molar refractivity (Wildman–Crippen MR) is 116 cm³/mol. The number of hydrogen-bond acceptors (Lipinski definition) is 6. The first kappa shape index (κ1) is 20.4. The highest BCUT2D eigenvalue weighted by Crippen LogP contribution is 2.18. The summed E-state index contributed by atoms with van der Waals surface area (Å²) in [4.78, 5) is 32.3. The lowest BCUT2D eigenvalue weighted by Crippen LogP contribution is -2.39. The first-order valence-corrected chi connectivity index (χ1v) is 10.2. The van der Waals surface area contributed by atoms with E-state index in [2.05, 4.69) is 21.3 Å². The molecule has 0 saturated carbocycles. The zero-order valence-corrected chi connectivity index (χ0v) is 17.7. The lowest BCUT2D eigenvalue weighted by molar-refractivity contribution is 0.0398. The molecule has 0 bridgehead atoms. The SMILES string of the molecule is Cc1cccc(Cn2c(NCCN3CCOCC3)nc3c2c(=O)n(C)c(=O)n3C)c1. The highest BCUT2D eigenvalue weighted by Gasteiger charge is 2.19. The monoisotopic (exact) mass is 412 g/mol. The molecule has 1 aliphatic rings. The second kappa shape index (κ2) is 8.45. The fraction of sp³-hybridized carbons (Fsp3) is 0.476. The van der Waals surface area contributed by atoms with Gasteiger partial charge in [0.2, 0.25) is 5.95 Å². The second-order valence-electron chi connectivity index (χ2n) is 7.77. The molecule has 1 aromatic carbocycles. The van der Waals surface area contributed by atoms with Crippen molar-refractivity contribution in [2.24, 2.45) is 14.1 Å². The largest absolute Gasteiger partial charge is 0.379 e. The summed E-state index contributed by atoms with van der Waals surface area (Å²) < 4.78 is 9.84. The van der Waals surface area contributed by atoms with Crippen LogP contribution >= 0.6 is 0 Å². The van der Waals surface area contributed by atoms with Crippen LogP contribution in [0.15, 0.2) is 33.9 Å². The van der Waals surface area contributed by atoms with Gasteiger partial charge in [-0.25, -0.2) is 4.79 Å². The summed E-state index contributed by atoms with van der Waals surface area (Å²) in [6.07, 6.45) is 0. The fourth-order valence-electron chi connectivity index (χ4n) is 3.88. The molecule has 0 amide bonds. The standard InChI is InChI=1S/C21H28N6O3/c1-15-5-4-6-16(13-15)14-27-17-18(24(2)21(29)25(3)19(17)28)23-20(27)22-7-8-26-9-11-30-12-10-26/h4-6,13H,7-12,14H2,1-3H3,(H,22,23). The van der Waals surface area contributed by atoms with E-state index < -0.39 is 0 Å². The predicted octanol–water partition coefficient (Wildman–Crippen LogP) is 0.535. The number of aromatic nitrogens is 4. The topological polar surface area (TPSA) is 86.3 Å². The maximum Gasteiger partial charge on any atom is 0.332 e. The number of imidazole rings is 1. The molecular formula is C21H28N6O3. The Labute approximate surface area is 174 Å². The molecule has 1 aliphatic heterocycles. The Morgan fingerprint density at radius 1 is 1.13 bits per heavy atom. The lowest BCUT2D eigenvalue weighted by Gasteiger charge is -2.26. The molecule has 1 N–H and O–H groups in total. The van der Waals surface area contributed by atoms with Gasteiger partial charge in [0.25, 0.3) is 5.56 Å². The van der Waals surface area contributed by atoms with Crippen molar-refractivity contribution < 1.29 is 4.74 Å². The van der Waals surface area contributed by atoms with Crippen molar-refractivity contribution in [3.05, 3.63) is 56.2 Å². The molecule has 0 radical (unpaired) electrons. The highest BCUT2D eigenvalue weighted by atomic mass is 16.5. The van der Waals surface area contributed by atoms with Gasteiger partial charge in [0.1, 0.15) is 0 Å². The molecule has 3 aromatic rings. The van der Waals surface area contributed by atoms with Crippen molar-refractivity contribution in [1.82, 2.24) is 23.6 Å². The van der Waals surface area contributed by atoms with Gasteiger partial charge >= 0.3 is 5.69 Å². The molecule has 0 atom stereocenters. The van der Waals surface area contributed by atoms with Gasteiger partial charge in [0.05, 0.1) is 19.8 Å². The number of morpholine rings is 1. The molecule has 9 nitrogen and oxygen atoms in total. The van der Waals surface area contributed by atoms with Crippen LogP contribution in [0.25, 0.3) is 11.2 Å². The Hall–Kier alpha value is -2.91. The van der Waals surface area contributed by atoms with E-state index in [1.54, 1.807) is 7.05 Å². The average Bonchev–Trinajstić information content (AvgIpc) is 3.10. The van der Waals surface area contributed by atoms with Crippen LogP contribution < -0.4 is 16.6 Å². The van der Waals surface area contributed by atoms with E-state index in [4.69, 9.17) is 4.74 Å². The third-order valence-electron chi connectivity index (χ3n) is 5.59. The minimum absolute atomic E-state index is 0.338. The number of ether oxygens (including phenoxy) is 1. The van der Waals surface area contributed by atoms with E-state index in [9.17, 15) is 9.59 Å². The Balaban J connectivity index is 1.72. The molecule has 0 unspecified atom stereocenters. The zero-order chi connectivity index (χ0) is 21.3. The number of anilines is 1. The summed E-state index contributed by atoms with van der Waals surface area (Å²) in [7, 11) is 3.14. The maximum absolute atomic E-state index is 13.0. The maximum atomic E-state index is 13.0. The van der Waals surface area contributed by atoms with Crippen molar-refractivity contribution in [2.45, 2.75) is 13.5 Å². The van der Waals surface area contributed by atoms with E-state index in [-0.39, 0.29) is 11.2 Å². The number of benzene rings is 1. The molecule has 1 saturated heterocycles. The second-order valence-corrected chi connectivity index (χ2v) is 7.77. The van der Waals surface area contributed by atoms with Crippen LogP contribution in [0.3, 0.4) is 0 Å². The molecule has 2 aromatic heterocycles. The minimum Gasteiger partial charge on any atom is -0.379 e. The van der Waals surface area contributed by atoms with Crippen molar-refractivity contribution >= 4 is 17.1 Å². The van der Waals surface area contributed by atoms with Crippen LogP contribution in [0.2, 0.25) is 0 Å². The van der Waals surface area contributed by atoms with E-state index >= 15 is 0 Å². The van der Waals surface area contributed by atoms with Gasteiger partial charge in [-0.1, -0.05) is 29.8 Å². The number of rotatable bonds is 6. The molecule has 9 heteroatoms. The van der Waals surface area contributed by atoms with E-state index in [0.29, 0.717) is 30.2 Å². The third-order valence-corrected chi connectivity index (χ3v) is 5.59. The van der Waals surface area contributed by atoms with Gasteiger partial charge in [-0.05, 0) is 12.5 Å². The molecular weight excluding hydrogens is 384 g/mol. The first-order chi connectivity index (χ1) is 14.5. The normalized spacial score (nSPS) is 15.0. The van der Waals surface area contributed by atoms with E-state index in [1.807, 2.05) is 29.7 Å². The van der Waals surface area contributed by atoms with Crippen LogP contribution in [-0.4, -0.2) is 63.0 Å². The average molecular weight is 412 g/mol. The third kappa shape index (κ3) is 3.90. The van der Waals surface area contributed by atoms with Crippen molar-refractivity contribution in [3.63, 3.8) is 0 Å². The summed E-state index contributed by atoms with van der Waals surface area (Å²) in [5.41, 5.74) is 2.32. The summed E-state index contributed by atoms with van der Waals surface area (Å²) in [6.45, 7) is 7.41. The Bertz CT molecular complexity index is 1170. The number of hydrogen-bond donors (Lipinski definition) is 1. The van der Waals surface area contributed by atoms with Crippen molar-refractivity contribution in [3.8, 4) is 0 Å². The number of fused-ring (bicyclic) bond motifs is 1. The zero-order valence-electron chi connectivity index (χ0n) is 17.7. The number of nitrogens with zero attached hydrogens (tertiary/aromatic N) is 5. The van der Waals surface area contributed by atoms with Gasteiger partial charge in [-0.15, -0.1) is 0 Å². The molecule has 3 heterocycles. The quantitative estimate of drug-likeness (QED) is 0.636. The van der Waals surface area contributed by atoms with Crippen LogP contribution in [0, 0.1) is 6.92 Å². The number of aryl methyl sites for hydroxylation is 2. The Morgan fingerprint density at radius 3 is 2.63 bits per heavy atom. The minimum atomic E-state index is -0.382. The molecule has 0 aliphatic carbocycles. The summed E-state index contributed by atoms with van der Waals surface area (Å²) in [6, 6.07) is 8.17. The van der Waals surface area contributed by atoms with E-state index in [0.717, 1.165) is 48.5 Å². The summed E-state index contributed by atoms with van der Waals surface area (Å²) in [5, 5.41) is 3.38. The van der Waals surface area contributed by atoms with Crippen molar-refractivity contribution in [2.75, 3.05) is 44.7 Å². The van der Waals surface area contributed by atoms with Gasteiger partial charge in [0.15, 0.2) is 11.2 Å². The highest BCUT2D eigenvalue weighted by molar-refractivity contribution is 5.74. The van der Waals surface area contributed by atoms with Gasteiger partial charge in [0, 0.05) is 40.3 Å². The lowest BCUT2D eigenvalue weighted by atomic mass is 10.1. The van der Waals surface area contributed by atoms with Gasteiger partial charge in [-0.2, -0.15) is 4.98 Å². The Kier molecular flexibility index (Phi) is 5.74. The van der Waals surface area contributed by atoms with Crippen LogP contribution in [0.4, 0.5) is 5.95 Å². The van der Waals surface area contributed by atoms with Gasteiger partial charge in [-0.3, -0.25) is 23.4 Å². The molecule has 1 fully saturated rings. The molecule has 160 valence electrons. The summed E-state index contributed by atoms with van der Waals surface area (Å²) >= 11 is 0. The van der Waals surface area contributed by atoms with Crippen LogP contribution in [0.1, 0.15) is 11.1 Å². The fourth-order valence-corrected chi connectivity index (χ4v) is 3.88. The molecule has 30 heavy (non-hydrogen) atoms. The Morgan fingerprint density at radius 2 is 1.90 bits per heavy atom. The molecule has 4 rings (SSSR count). The summed E-state index contributed by atoms with van der Waals surface area (Å²) in [5.74, 6) is 0.595. The first-order valence-electron chi connectivity index (χ1n) is 10.2. The molecule has 0 spiro atoms. The van der Waals surface area contributed by atoms with Crippen molar-refractivity contribution in [1.29, 1.82) is 0 Å².